The van der Waals surface area contributed by atoms with Crippen LogP contribution < -0.4 is 14.2 Å². The van der Waals surface area contributed by atoms with Crippen molar-refractivity contribution in [1.82, 2.24) is 0 Å². The fourth-order valence-electron chi connectivity index (χ4n) is 2.51. The number of benzene rings is 2. The van der Waals surface area contributed by atoms with Crippen molar-refractivity contribution in [3.63, 3.8) is 0 Å². The van der Waals surface area contributed by atoms with Crippen molar-refractivity contribution < 1.29 is 29.2 Å². The van der Waals surface area contributed by atoms with E-state index in [9.17, 15) is 15.0 Å². The molecule has 2 unspecified atom stereocenters. The molecule has 1 aliphatic rings. The highest BCUT2D eigenvalue weighted by molar-refractivity contribution is 5.76. The lowest BCUT2D eigenvalue weighted by Gasteiger charge is -2.33. The molecule has 0 radical (unpaired) electrons. The Morgan fingerprint density at radius 2 is 2.00 bits per heavy atom. The molecule has 0 aliphatic carbocycles. The van der Waals surface area contributed by atoms with E-state index in [2.05, 4.69) is 0 Å². The van der Waals surface area contributed by atoms with E-state index < -0.39 is 12.2 Å². The molecule has 3 rings (SSSR count). The zero-order chi connectivity index (χ0) is 16.4. The number of ether oxygens (including phenoxy) is 3. The van der Waals surface area contributed by atoms with Gasteiger partial charge in [-0.1, -0.05) is 6.07 Å². The van der Waals surface area contributed by atoms with Crippen LogP contribution in [0.2, 0.25) is 0 Å². The topological polar surface area (TPSA) is 85.2 Å². The zero-order valence-electron chi connectivity index (χ0n) is 12.4. The molecule has 0 aromatic heterocycles. The van der Waals surface area contributed by atoms with Crippen LogP contribution in [0.25, 0.3) is 0 Å². The van der Waals surface area contributed by atoms with E-state index in [1.165, 1.54) is 13.2 Å². The molecule has 0 saturated heterocycles. The maximum Gasteiger partial charge on any atom is 0.163 e. The molecular weight excluding hydrogens is 300 g/mol. The van der Waals surface area contributed by atoms with Gasteiger partial charge in [-0.25, -0.2) is 0 Å². The van der Waals surface area contributed by atoms with E-state index in [1.54, 1.807) is 30.3 Å². The van der Waals surface area contributed by atoms with Crippen LogP contribution >= 0.6 is 0 Å². The van der Waals surface area contributed by atoms with Gasteiger partial charge in [-0.05, 0) is 30.3 Å². The molecule has 1 heterocycles. The number of aromatic hydroxyl groups is 1. The third-order valence-electron chi connectivity index (χ3n) is 3.69. The Hall–Kier alpha value is -2.73. The first kappa shape index (κ1) is 15.2. The first-order chi connectivity index (χ1) is 11.2. The smallest absolute Gasteiger partial charge is 0.163 e. The second-order valence-electron chi connectivity index (χ2n) is 5.13. The molecule has 0 saturated carbocycles. The number of aldehydes is 1. The van der Waals surface area contributed by atoms with Crippen LogP contribution in [0.5, 0.6) is 23.0 Å². The highest BCUT2D eigenvalue weighted by Crippen LogP contribution is 2.41. The summed E-state index contributed by atoms with van der Waals surface area (Å²) in [5, 5.41) is 19.3. The summed E-state index contributed by atoms with van der Waals surface area (Å²) in [6.07, 6.45) is -0.483. The predicted octanol–water partition coefficient (Wildman–Crippen LogP) is 2.09. The average molecular weight is 316 g/mol. The predicted molar refractivity (Wildman–Crippen MR) is 81.4 cm³/mol. The first-order valence-electron chi connectivity index (χ1n) is 7.06. The summed E-state index contributed by atoms with van der Waals surface area (Å²) in [5.74, 6) is 1.21. The second-order valence-corrected chi connectivity index (χ2v) is 5.13. The van der Waals surface area contributed by atoms with Crippen LogP contribution in [0.15, 0.2) is 36.4 Å². The van der Waals surface area contributed by atoms with E-state index >= 15 is 0 Å². The fraction of sp³-hybridized carbons (Fsp3) is 0.235. The lowest BCUT2D eigenvalue weighted by atomic mass is 10.0. The second kappa shape index (κ2) is 6.18. The van der Waals surface area contributed by atoms with Crippen molar-refractivity contribution in [3.8, 4) is 23.0 Å². The number of phenolic OH excluding ortho intramolecular Hbond substituents is 1. The van der Waals surface area contributed by atoms with Crippen molar-refractivity contribution in [2.24, 2.45) is 0 Å². The summed E-state index contributed by atoms with van der Waals surface area (Å²) in [6.45, 7) is -0.247. The molecule has 0 spiro atoms. The van der Waals surface area contributed by atoms with Gasteiger partial charge in [0, 0.05) is 11.1 Å². The third kappa shape index (κ3) is 2.80. The van der Waals surface area contributed by atoms with Crippen LogP contribution in [-0.4, -0.2) is 36.3 Å². The van der Waals surface area contributed by atoms with Crippen molar-refractivity contribution in [2.75, 3.05) is 13.7 Å². The number of aliphatic hydroxyl groups excluding tert-OH is 1. The highest BCUT2D eigenvalue weighted by Gasteiger charge is 2.33. The molecule has 0 fully saturated rings. The van der Waals surface area contributed by atoms with Gasteiger partial charge in [0.15, 0.2) is 35.2 Å². The summed E-state index contributed by atoms with van der Waals surface area (Å²) in [6, 6.07) is 9.62. The van der Waals surface area contributed by atoms with Gasteiger partial charge >= 0.3 is 0 Å². The Balaban J connectivity index is 1.99. The summed E-state index contributed by atoms with van der Waals surface area (Å²) in [7, 11) is 1.45. The maximum absolute atomic E-state index is 10.9. The number of aliphatic hydroxyl groups is 1. The van der Waals surface area contributed by atoms with Gasteiger partial charge in [-0.3, -0.25) is 4.79 Å². The molecule has 6 heteroatoms. The number of hydrogen-bond donors (Lipinski definition) is 2. The number of fused-ring (bicyclic) bond motifs is 1. The Morgan fingerprint density at radius 1 is 1.17 bits per heavy atom. The fourth-order valence-corrected chi connectivity index (χ4v) is 2.51. The quantitative estimate of drug-likeness (QED) is 0.840. The first-order valence-corrected chi connectivity index (χ1v) is 7.06. The molecule has 6 nitrogen and oxygen atoms in total. The van der Waals surface area contributed by atoms with Crippen LogP contribution in [0.3, 0.4) is 0 Å². The summed E-state index contributed by atoms with van der Waals surface area (Å²) in [4.78, 5) is 10.9. The Bertz CT molecular complexity index is 727. The largest absolute Gasteiger partial charge is 0.504 e. The van der Waals surface area contributed by atoms with Gasteiger partial charge in [-0.15, -0.1) is 0 Å². The van der Waals surface area contributed by atoms with Crippen molar-refractivity contribution in [1.29, 1.82) is 0 Å². The van der Waals surface area contributed by atoms with Gasteiger partial charge < -0.3 is 24.4 Å². The number of methoxy groups -OCH3 is 1. The number of hydrogen-bond acceptors (Lipinski definition) is 6. The third-order valence-corrected chi connectivity index (χ3v) is 3.69. The van der Waals surface area contributed by atoms with E-state index in [0.717, 1.165) is 6.29 Å². The van der Waals surface area contributed by atoms with Crippen molar-refractivity contribution >= 4 is 6.29 Å². The van der Waals surface area contributed by atoms with Crippen LogP contribution in [0, 0.1) is 0 Å². The Morgan fingerprint density at radius 3 is 2.70 bits per heavy atom. The van der Waals surface area contributed by atoms with Gasteiger partial charge in [0.1, 0.15) is 6.29 Å². The number of rotatable bonds is 4. The molecule has 120 valence electrons. The standard InChI is InChI=1S/C17H16O6/c1-21-14-7-11(3-4-12(14)20)17-16(9-19)22-13-5-2-10(8-18)6-15(13)23-17/h2-8,16-17,19-20H,9H2,1H3. The van der Waals surface area contributed by atoms with Gasteiger partial charge in [0.05, 0.1) is 13.7 Å². The van der Waals surface area contributed by atoms with Crippen LogP contribution in [-0.2, 0) is 0 Å². The minimum atomic E-state index is -0.612. The minimum Gasteiger partial charge on any atom is -0.504 e. The van der Waals surface area contributed by atoms with Gasteiger partial charge in [0.25, 0.3) is 0 Å². The average Bonchev–Trinajstić information content (AvgIpc) is 2.60. The molecule has 0 amide bonds. The molecule has 23 heavy (non-hydrogen) atoms. The lowest BCUT2D eigenvalue weighted by Crippen LogP contribution is -2.36. The van der Waals surface area contributed by atoms with Crippen LogP contribution in [0.1, 0.15) is 22.0 Å². The monoisotopic (exact) mass is 316 g/mol. The summed E-state index contributed by atoms with van der Waals surface area (Å²) in [5.41, 5.74) is 1.15. The molecule has 2 aromatic rings. The van der Waals surface area contributed by atoms with E-state index in [4.69, 9.17) is 14.2 Å². The zero-order valence-corrected chi connectivity index (χ0v) is 12.4. The normalized spacial score (nSPS) is 19.2. The summed E-state index contributed by atoms with van der Waals surface area (Å²) < 4.78 is 16.8. The lowest BCUT2D eigenvalue weighted by molar-refractivity contribution is -0.0124. The van der Waals surface area contributed by atoms with Gasteiger partial charge in [-0.2, -0.15) is 0 Å². The highest BCUT2D eigenvalue weighted by atomic mass is 16.6. The maximum atomic E-state index is 10.9. The molecule has 2 aromatic carbocycles. The van der Waals surface area contributed by atoms with Crippen molar-refractivity contribution in [2.45, 2.75) is 12.2 Å². The number of phenols is 1. The molecule has 0 bridgehead atoms. The molecule has 1 aliphatic heterocycles. The van der Waals surface area contributed by atoms with Crippen LogP contribution in [0.4, 0.5) is 0 Å². The number of carbonyl (C=O) groups excluding carboxylic acids is 1. The van der Waals surface area contributed by atoms with E-state index in [1.807, 2.05) is 0 Å². The minimum absolute atomic E-state index is 0.0113. The molecular formula is C17H16O6. The van der Waals surface area contributed by atoms with E-state index in [0.29, 0.717) is 28.4 Å². The Kier molecular flexibility index (Phi) is 4.08. The Labute approximate surface area is 132 Å². The van der Waals surface area contributed by atoms with Crippen molar-refractivity contribution in [3.05, 3.63) is 47.5 Å². The number of carbonyl (C=O) groups is 1. The molecule has 2 N–H and O–H groups in total. The van der Waals surface area contributed by atoms with Gasteiger partial charge in [0.2, 0.25) is 0 Å². The summed E-state index contributed by atoms with van der Waals surface area (Å²) >= 11 is 0. The molecule has 2 atom stereocenters. The SMILES string of the molecule is COc1cc(C2Oc3cc(C=O)ccc3OC2CO)ccc1O. The van der Waals surface area contributed by atoms with E-state index in [-0.39, 0.29) is 12.4 Å².